The smallest absolute Gasteiger partial charge is 0.338 e. The molecule has 5 N–H and O–H groups in total. The van der Waals surface area contributed by atoms with Gasteiger partial charge in [0.05, 0.1) is 6.54 Å². The molecule has 1 atom stereocenters. The van der Waals surface area contributed by atoms with E-state index in [2.05, 4.69) is 5.32 Å². The van der Waals surface area contributed by atoms with Crippen LogP contribution in [0, 0.1) is 0 Å². The summed E-state index contributed by atoms with van der Waals surface area (Å²) in [6, 6.07) is 13.7. The Morgan fingerprint density at radius 3 is 2.50 bits per heavy atom. The van der Waals surface area contributed by atoms with Crippen LogP contribution in [0.3, 0.4) is 0 Å². The summed E-state index contributed by atoms with van der Waals surface area (Å²) in [4.78, 5) is 35.7. The number of aliphatic carboxylic acids is 2. The minimum Gasteiger partial charge on any atom is -0.480 e. The molecule has 0 saturated heterocycles. The molecule has 8 nitrogen and oxygen atoms in total. The Labute approximate surface area is 173 Å². The van der Waals surface area contributed by atoms with Crippen molar-refractivity contribution in [1.82, 2.24) is 5.32 Å². The highest BCUT2D eigenvalue weighted by Crippen LogP contribution is 2.38. The number of carbonyl (C=O) groups is 3. The molecule has 0 aromatic heterocycles. The third-order valence-corrected chi connectivity index (χ3v) is 5.32. The molecule has 0 fully saturated rings. The van der Waals surface area contributed by atoms with Crippen LogP contribution in [0.5, 0.6) is 0 Å². The zero-order valence-corrected chi connectivity index (χ0v) is 16.4. The van der Waals surface area contributed by atoms with Crippen LogP contribution in [0.25, 0.3) is 11.1 Å². The number of carboxylic acids is 2. The van der Waals surface area contributed by atoms with E-state index < -0.39 is 30.0 Å². The largest absolute Gasteiger partial charge is 0.480 e. The number of rotatable bonds is 10. The highest BCUT2D eigenvalue weighted by atomic mass is 16.5. The first-order valence-electron chi connectivity index (χ1n) is 9.65. The van der Waals surface area contributed by atoms with Crippen LogP contribution in [0.15, 0.2) is 42.5 Å². The maximum Gasteiger partial charge on any atom is 0.338 e. The predicted octanol–water partition coefficient (Wildman–Crippen LogP) is 1.54. The standard InChI is InChI=1S/C22H24N2O6/c23-10-4-9-22(20(27)28,24-12-19(25)26)21(29)30-13-15-6-3-8-17-16-7-2-1-5-14(16)11-18(15)17/h1-3,5-8,24H,4,9-13,23H2,(H,25,26)(H,27,28). The quantitative estimate of drug-likeness (QED) is 0.290. The molecule has 8 heteroatoms. The van der Waals surface area contributed by atoms with Crippen molar-refractivity contribution in [2.24, 2.45) is 5.73 Å². The number of carboxylic acid groups (broad SMARTS) is 2. The lowest BCUT2D eigenvalue weighted by atomic mass is 9.93. The molecule has 158 valence electrons. The predicted molar refractivity (Wildman–Crippen MR) is 109 cm³/mol. The van der Waals surface area contributed by atoms with Gasteiger partial charge in [0, 0.05) is 0 Å². The minimum atomic E-state index is -2.17. The second-order valence-electron chi connectivity index (χ2n) is 7.20. The van der Waals surface area contributed by atoms with Gasteiger partial charge < -0.3 is 20.7 Å². The van der Waals surface area contributed by atoms with Crippen molar-refractivity contribution in [2.45, 2.75) is 31.4 Å². The zero-order chi connectivity index (χ0) is 21.7. The number of carbonyl (C=O) groups excluding carboxylic acids is 1. The first-order chi connectivity index (χ1) is 14.4. The van der Waals surface area contributed by atoms with Crippen LogP contribution in [-0.2, 0) is 32.1 Å². The highest BCUT2D eigenvalue weighted by molar-refractivity contribution is 6.04. The molecule has 2 aromatic carbocycles. The number of hydrogen-bond acceptors (Lipinski definition) is 6. The molecule has 0 amide bonds. The fourth-order valence-electron chi connectivity index (χ4n) is 3.75. The molecule has 0 aliphatic heterocycles. The lowest BCUT2D eigenvalue weighted by Crippen LogP contribution is -2.60. The minimum absolute atomic E-state index is 0.109. The first-order valence-corrected chi connectivity index (χ1v) is 9.65. The van der Waals surface area contributed by atoms with Gasteiger partial charge in [0.25, 0.3) is 0 Å². The summed E-state index contributed by atoms with van der Waals surface area (Å²) >= 11 is 0. The Bertz CT molecular complexity index is 974. The van der Waals surface area contributed by atoms with E-state index in [-0.39, 0.29) is 26.0 Å². The number of fused-ring (bicyclic) bond motifs is 3. The van der Waals surface area contributed by atoms with E-state index in [1.54, 1.807) is 0 Å². The zero-order valence-electron chi connectivity index (χ0n) is 16.4. The van der Waals surface area contributed by atoms with E-state index >= 15 is 0 Å². The normalized spacial score (nSPS) is 13.8. The Kier molecular flexibility index (Phi) is 6.49. The average Bonchev–Trinajstić information content (AvgIpc) is 3.11. The number of hydrogen-bond donors (Lipinski definition) is 4. The molecule has 0 saturated carbocycles. The fourth-order valence-corrected chi connectivity index (χ4v) is 3.75. The molecule has 0 spiro atoms. The third kappa shape index (κ3) is 4.19. The van der Waals surface area contributed by atoms with Gasteiger partial charge in [-0.05, 0) is 53.6 Å². The number of benzene rings is 2. The second-order valence-corrected chi connectivity index (χ2v) is 7.20. The van der Waals surface area contributed by atoms with Gasteiger partial charge in [0.1, 0.15) is 6.61 Å². The molecule has 1 aliphatic rings. The number of nitrogens with one attached hydrogen (secondary N) is 1. The Hall–Kier alpha value is -3.23. The van der Waals surface area contributed by atoms with Crippen LogP contribution in [-0.4, -0.2) is 46.7 Å². The van der Waals surface area contributed by atoms with Crippen LogP contribution >= 0.6 is 0 Å². The van der Waals surface area contributed by atoms with Crippen molar-refractivity contribution >= 4 is 17.9 Å². The van der Waals surface area contributed by atoms with Gasteiger partial charge in [0.15, 0.2) is 0 Å². The Morgan fingerprint density at radius 1 is 1.07 bits per heavy atom. The van der Waals surface area contributed by atoms with Gasteiger partial charge in [-0.15, -0.1) is 0 Å². The van der Waals surface area contributed by atoms with E-state index in [9.17, 15) is 19.5 Å². The second kappa shape index (κ2) is 9.06. The van der Waals surface area contributed by atoms with Gasteiger partial charge in [0.2, 0.25) is 5.54 Å². The monoisotopic (exact) mass is 412 g/mol. The van der Waals surface area contributed by atoms with Crippen molar-refractivity contribution in [1.29, 1.82) is 0 Å². The van der Waals surface area contributed by atoms with Crippen molar-refractivity contribution in [3.63, 3.8) is 0 Å². The molecular formula is C22H24N2O6. The number of esters is 1. The third-order valence-electron chi connectivity index (χ3n) is 5.32. The van der Waals surface area contributed by atoms with E-state index in [0.717, 1.165) is 22.3 Å². The average molecular weight is 412 g/mol. The molecule has 1 unspecified atom stereocenters. The maximum atomic E-state index is 12.8. The topological polar surface area (TPSA) is 139 Å². The van der Waals surface area contributed by atoms with Gasteiger partial charge in [-0.1, -0.05) is 42.5 Å². The summed E-state index contributed by atoms with van der Waals surface area (Å²) in [5.74, 6) is -3.80. The fraction of sp³-hybridized carbons (Fsp3) is 0.318. The lowest BCUT2D eigenvalue weighted by Gasteiger charge is -2.28. The van der Waals surface area contributed by atoms with Crippen LogP contribution in [0.4, 0.5) is 0 Å². The van der Waals surface area contributed by atoms with Gasteiger partial charge >= 0.3 is 17.9 Å². The van der Waals surface area contributed by atoms with E-state index in [4.69, 9.17) is 15.6 Å². The van der Waals surface area contributed by atoms with Crippen LogP contribution < -0.4 is 11.1 Å². The van der Waals surface area contributed by atoms with Gasteiger partial charge in [-0.2, -0.15) is 0 Å². The maximum absolute atomic E-state index is 12.8. The molecule has 30 heavy (non-hydrogen) atoms. The summed E-state index contributed by atoms with van der Waals surface area (Å²) in [6.45, 7) is -0.647. The van der Waals surface area contributed by atoms with Crippen LogP contribution in [0.2, 0.25) is 0 Å². The number of nitrogens with two attached hydrogens (primary N) is 1. The highest BCUT2D eigenvalue weighted by Gasteiger charge is 2.47. The van der Waals surface area contributed by atoms with E-state index in [0.29, 0.717) is 6.42 Å². The summed E-state index contributed by atoms with van der Waals surface area (Å²) in [7, 11) is 0. The summed E-state index contributed by atoms with van der Waals surface area (Å²) in [6.07, 6.45) is 0.737. The summed E-state index contributed by atoms with van der Waals surface area (Å²) in [5.41, 5.74) is 8.50. The molecule has 0 heterocycles. The van der Waals surface area contributed by atoms with Crippen molar-refractivity contribution in [3.05, 3.63) is 59.2 Å². The molecule has 2 aromatic rings. The van der Waals surface area contributed by atoms with Crippen molar-refractivity contribution in [2.75, 3.05) is 13.1 Å². The Balaban J connectivity index is 1.81. The van der Waals surface area contributed by atoms with E-state index in [1.807, 2.05) is 42.5 Å². The molecule has 0 radical (unpaired) electrons. The number of ether oxygens (including phenoxy) is 1. The Morgan fingerprint density at radius 2 is 1.80 bits per heavy atom. The summed E-state index contributed by atoms with van der Waals surface area (Å²) in [5, 5.41) is 21.0. The lowest BCUT2D eigenvalue weighted by molar-refractivity contribution is -0.165. The molecule has 1 aliphatic carbocycles. The first kappa shape index (κ1) is 21.5. The SMILES string of the molecule is NCCCC(NCC(=O)O)(C(=O)O)C(=O)OCc1cccc2c1Cc1ccccc1-2. The molecule has 0 bridgehead atoms. The van der Waals surface area contributed by atoms with Crippen LogP contribution in [0.1, 0.15) is 29.5 Å². The molecule has 3 rings (SSSR count). The summed E-state index contributed by atoms with van der Waals surface area (Å²) < 4.78 is 5.39. The molecular weight excluding hydrogens is 388 g/mol. The van der Waals surface area contributed by atoms with Crippen molar-refractivity contribution in [3.8, 4) is 11.1 Å². The van der Waals surface area contributed by atoms with E-state index in [1.165, 1.54) is 5.56 Å². The van der Waals surface area contributed by atoms with Gasteiger partial charge in [-0.25, -0.2) is 9.59 Å². The van der Waals surface area contributed by atoms with Gasteiger partial charge in [-0.3, -0.25) is 10.1 Å². The van der Waals surface area contributed by atoms with Crippen molar-refractivity contribution < 1.29 is 29.3 Å².